The molecule has 3 heterocycles. The molecule has 0 amide bonds. The molecule has 1 aliphatic rings. The molecule has 0 aromatic carbocycles. The van der Waals surface area contributed by atoms with Gasteiger partial charge in [0.25, 0.3) is 5.56 Å². The first-order valence-corrected chi connectivity index (χ1v) is 7.08. The summed E-state index contributed by atoms with van der Waals surface area (Å²) in [7, 11) is 1.59. The second-order valence-electron chi connectivity index (χ2n) is 5.24. The van der Waals surface area contributed by atoms with E-state index >= 15 is 0 Å². The van der Waals surface area contributed by atoms with E-state index in [0.717, 1.165) is 31.7 Å². The summed E-state index contributed by atoms with van der Waals surface area (Å²) in [5.74, 6) is 1.28. The minimum absolute atomic E-state index is 0.142. The average molecular weight is 289 g/mol. The first-order valence-electron chi connectivity index (χ1n) is 7.08. The lowest BCUT2D eigenvalue weighted by Gasteiger charge is -2.34. The van der Waals surface area contributed by atoms with Gasteiger partial charge in [0.1, 0.15) is 18.2 Å². The van der Waals surface area contributed by atoms with Crippen molar-refractivity contribution < 1.29 is 4.74 Å². The normalized spacial score (nSPS) is 18.9. The molecule has 1 unspecified atom stereocenters. The van der Waals surface area contributed by atoms with Gasteiger partial charge in [0, 0.05) is 38.7 Å². The number of nitrogens with one attached hydrogen (secondary N) is 1. The molecule has 0 saturated carbocycles. The minimum Gasteiger partial charge on any atom is -0.377 e. The van der Waals surface area contributed by atoms with Crippen LogP contribution < -0.4 is 10.5 Å². The molecule has 3 rings (SSSR count). The Morgan fingerprint density at radius 2 is 2.43 bits per heavy atom. The topological polar surface area (TPSA) is 76.0 Å². The van der Waals surface area contributed by atoms with Crippen molar-refractivity contribution in [3.05, 3.63) is 41.0 Å². The number of aromatic nitrogens is 4. The number of aromatic amines is 1. The van der Waals surface area contributed by atoms with Crippen LogP contribution in [0.2, 0.25) is 0 Å². The Balaban J connectivity index is 1.81. The molecular formula is C14H19N5O2. The SMILES string of the molecule is COCc1nc(N2CCCC(n3ccnc3)C2)cc(=O)[nH]1. The van der Waals surface area contributed by atoms with E-state index in [1.165, 1.54) is 0 Å². The van der Waals surface area contributed by atoms with Crippen molar-refractivity contribution >= 4 is 5.82 Å². The van der Waals surface area contributed by atoms with Crippen molar-refractivity contribution in [3.63, 3.8) is 0 Å². The highest BCUT2D eigenvalue weighted by Gasteiger charge is 2.22. The molecule has 1 aliphatic heterocycles. The molecule has 0 radical (unpaired) electrons. The molecule has 2 aromatic rings. The minimum atomic E-state index is -0.142. The van der Waals surface area contributed by atoms with Crippen molar-refractivity contribution in [1.82, 2.24) is 19.5 Å². The smallest absolute Gasteiger partial charge is 0.253 e. The lowest BCUT2D eigenvalue weighted by Crippen LogP contribution is -2.37. The number of rotatable bonds is 4. The predicted molar refractivity (Wildman–Crippen MR) is 78.3 cm³/mol. The van der Waals surface area contributed by atoms with Crippen LogP contribution in [0.1, 0.15) is 24.7 Å². The summed E-state index contributed by atoms with van der Waals surface area (Å²) in [6.07, 6.45) is 7.80. The van der Waals surface area contributed by atoms with Crippen molar-refractivity contribution in [2.75, 3.05) is 25.1 Å². The van der Waals surface area contributed by atoms with Crippen molar-refractivity contribution in [3.8, 4) is 0 Å². The summed E-state index contributed by atoms with van der Waals surface area (Å²) < 4.78 is 7.16. The van der Waals surface area contributed by atoms with Gasteiger partial charge < -0.3 is 19.2 Å². The highest BCUT2D eigenvalue weighted by atomic mass is 16.5. The van der Waals surface area contributed by atoms with E-state index in [4.69, 9.17) is 4.74 Å². The number of imidazole rings is 1. The molecule has 0 spiro atoms. The quantitative estimate of drug-likeness (QED) is 0.907. The first-order chi connectivity index (χ1) is 10.3. The molecule has 1 saturated heterocycles. The van der Waals surface area contributed by atoms with E-state index in [2.05, 4.69) is 24.4 Å². The third kappa shape index (κ3) is 3.13. The van der Waals surface area contributed by atoms with Gasteiger partial charge in [-0.2, -0.15) is 0 Å². The maximum atomic E-state index is 11.7. The second-order valence-corrected chi connectivity index (χ2v) is 5.24. The summed E-state index contributed by atoms with van der Waals surface area (Å²) in [6.45, 7) is 2.05. The fourth-order valence-corrected chi connectivity index (χ4v) is 2.75. The molecule has 7 nitrogen and oxygen atoms in total. The number of piperidine rings is 1. The third-order valence-corrected chi connectivity index (χ3v) is 3.73. The first kappa shape index (κ1) is 13.8. The number of H-pyrrole nitrogens is 1. The summed E-state index contributed by atoms with van der Waals surface area (Å²) in [6, 6.07) is 1.92. The van der Waals surface area contributed by atoms with E-state index in [1.54, 1.807) is 19.4 Å². The van der Waals surface area contributed by atoms with Crippen LogP contribution in [-0.2, 0) is 11.3 Å². The molecular weight excluding hydrogens is 270 g/mol. The molecule has 1 fully saturated rings. The molecule has 2 aromatic heterocycles. The number of ether oxygens (including phenoxy) is 1. The average Bonchev–Trinajstić information content (AvgIpc) is 3.01. The Labute approximate surface area is 122 Å². The molecule has 1 atom stereocenters. The fraction of sp³-hybridized carbons (Fsp3) is 0.500. The number of hydrogen-bond donors (Lipinski definition) is 1. The maximum absolute atomic E-state index is 11.7. The summed E-state index contributed by atoms with van der Waals surface area (Å²) in [5.41, 5.74) is -0.142. The Bertz CT molecular complexity index is 637. The Morgan fingerprint density at radius 3 is 3.19 bits per heavy atom. The lowest BCUT2D eigenvalue weighted by molar-refractivity contribution is 0.177. The molecule has 112 valence electrons. The van der Waals surface area contributed by atoms with Gasteiger partial charge in [0.15, 0.2) is 0 Å². The van der Waals surface area contributed by atoms with Gasteiger partial charge in [-0.05, 0) is 12.8 Å². The Hall–Kier alpha value is -2.15. The fourth-order valence-electron chi connectivity index (χ4n) is 2.75. The van der Waals surface area contributed by atoms with Crippen molar-refractivity contribution in [2.45, 2.75) is 25.5 Å². The number of anilines is 1. The Morgan fingerprint density at radius 1 is 1.52 bits per heavy atom. The van der Waals surface area contributed by atoms with E-state index in [9.17, 15) is 4.79 Å². The molecule has 21 heavy (non-hydrogen) atoms. The van der Waals surface area contributed by atoms with Crippen molar-refractivity contribution in [1.29, 1.82) is 0 Å². The third-order valence-electron chi connectivity index (χ3n) is 3.73. The van der Waals surface area contributed by atoms with E-state index < -0.39 is 0 Å². The zero-order chi connectivity index (χ0) is 14.7. The van der Waals surface area contributed by atoms with Gasteiger partial charge in [0.05, 0.1) is 12.4 Å². The number of nitrogens with zero attached hydrogens (tertiary/aromatic N) is 4. The van der Waals surface area contributed by atoms with Gasteiger partial charge in [-0.1, -0.05) is 0 Å². The van der Waals surface area contributed by atoms with E-state index in [1.807, 2.05) is 12.5 Å². The lowest BCUT2D eigenvalue weighted by atomic mass is 10.1. The molecule has 1 N–H and O–H groups in total. The van der Waals surface area contributed by atoms with Crippen LogP contribution in [-0.4, -0.2) is 39.7 Å². The molecule has 7 heteroatoms. The zero-order valence-electron chi connectivity index (χ0n) is 12.0. The molecule has 0 aliphatic carbocycles. The van der Waals surface area contributed by atoms with Crippen molar-refractivity contribution in [2.24, 2.45) is 0 Å². The molecule has 0 bridgehead atoms. The number of methoxy groups -OCH3 is 1. The zero-order valence-corrected chi connectivity index (χ0v) is 12.0. The van der Waals surface area contributed by atoms with Crippen LogP contribution in [0.5, 0.6) is 0 Å². The van der Waals surface area contributed by atoms with Crippen LogP contribution in [0.15, 0.2) is 29.6 Å². The van der Waals surface area contributed by atoms with Crippen LogP contribution in [0.25, 0.3) is 0 Å². The predicted octanol–water partition coefficient (Wildman–Crippen LogP) is 0.954. The van der Waals surface area contributed by atoms with Gasteiger partial charge in [-0.25, -0.2) is 9.97 Å². The Kier molecular flexibility index (Phi) is 4.01. The van der Waals surface area contributed by atoms with E-state index in [0.29, 0.717) is 18.5 Å². The van der Waals surface area contributed by atoms with Gasteiger partial charge in [0.2, 0.25) is 0 Å². The van der Waals surface area contributed by atoms with Crippen LogP contribution >= 0.6 is 0 Å². The maximum Gasteiger partial charge on any atom is 0.253 e. The highest BCUT2D eigenvalue weighted by Crippen LogP contribution is 2.24. The van der Waals surface area contributed by atoms with Gasteiger partial charge >= 0.3 is 0 Å². The largest absolute Gasteiger partial charge is 0.377 e. The monoisotopic (exact) mass is 289 g/mol. The van der Waals surface area contributed by atoms with Gasteiger partial charge in [-0.3, -0.25) is 4.79 Å². The summed E-state index contributed by atoms with van der Waals surface area (Å²) in [5, 5.41) is 0. The summed E-state index contributed by atoms with van der Waals surface area (Å²) in [4.78, 5) is 25.2. The second kappa shape index (κ2) is 6.09. The van der Waals surface area contributed by atoms with Crippen LogP contribution in [0.4, 0.5) is 5.82 Å². The van der Waals surface area contributed by atoms with E-state index in [-0.39, 0.29) is 5.56 Å². The number of hydrogen-bond acceptors (Lipinski definition) is 5. The standard InChI is InChI=1S/C14H19N5O2/c1-21-9-12-16-13(7-14(20)17-12)18-5-2-3-11(8-18)19-6-4-15-10-19/h4,6-7,10-11H,2-3,5,8-9H2,1H3,(H,16,17,20). The van der Waals surface area contributed by atoms with Gasteiger partial charge in [-0.15, -0.1) is 0 Å². The highest BCUT2D eigenvalue weighted by molar-refractivity contribution is 5.38. The van der Waals surface area contributed by atoms with Crippen LogP contribution in [0.3, 0.4) is 0 Å². The summed E-state index contributed by atoms with van der Waals surface area (Å²) >= 11 is 0. The van der Waals surface area contributed by atoms with Crippen LogP contribution in [0, 0.1) is 0 Å².